The molecule has 1 fully saturated rings. The van der Waals surface area contributed by atoms with Gasteiger partial charge in [-0.15, -0.1) is 0 Å². The first-order valence-corrected chi connectivity index (χ1v) is 11.8. The second kappa shape index (κ2) is 9.77. The zero-order valence-electron chi connectivity index (χ0n) is 18.6. The van der Waals surface area contributed by atoms with E-state index in [4.69, 9.17) is 10.7 Å². The maximum atomic E-state index is 12.2. The van der Waals surface area contributed by atoms with Crippen LogP contribution in [0.15, 0.2) is 59.1 Å². The number of nitrogens with one attached hydrogen (secondary N) is 1. The first kappa shape index (κ1) is 22.4. The van der Waals surface area contributed by atoms with Crippen LogP contribution < -0.4 is 16.0 Å². The number of halogens is 1. The van der Waals surface area contributed by atoms with Gasteiger partial charge in [0.25, 0.3) is 0 Å². The van der Waals surface area contributed by atoms with Crippen molar-refractivity contribution in [2.75, 3.05) is 24.3 Å². The number of anilines is 2. The van der Waals surface area contributed by atoms with E-state index in [-0.39, 0.29) is 12.1 Å². The molecule has 1 heterocycles. The van der Waals surface area contributed by atoms with Crippen molar-refractivity contribution in [2.24, 2.45) is 5.73 Å². The molecule has 168 valence electrons. The van der Waals surface area contributed by atoms with Crippen molar-refractivity contribution in [1.82, 2.24) is 9.88 Å². The molecule has 2 aromatic carbocycles. The van der Waals surface area contributed by atoms with Crippen LogP contribution in [0.2, 0.25) is 0 Å². The van der Waals surface area contributed by atoms with Crippen molar-refractivity contribution in [3.05, 3.63) is 64.6 Å². The number of nitrogens with zero attached hydrogens (tertiary/aromatic N) is 3. The maximum absolute atomic E-state index is 12.2. The zero-order chi connectivity index (χ0) is 22.7. The molecule has 2 amide bonds. The summed E-state index contributed by atoms with van der Waals surface area (Å²) in [6.45, 7) is 0.545. The van der Waals surface area contributed by atoms with Gasteiger partial charge in [-0.2, -0.15) is 0 Å². The third-order valence-electron chi connectivity index (χ3n) is 6.21. The van der Waals surface area contributed by atoms with Crippen LogP contribution in [-0.4, -0.2) is 42.1 Å². The highest BCUT2D eigenvalue weighted by Gasteiger charge is 2.28. The van der Waals surface area contributed by atoms with Gasteiger partial charge in [-0.05, 0) is 49.4 Å². The van der Waals surface area contributed by atoms with E-state index in [0.717, 1.165) is 58.1 Å². The SMILES string of the molecule is CN(C)c1cc(NC2CCC(N(Cc3ccc(Br)cc3)C(N)=O)CC2)nc2ccccc12. The normalized spacial score (nSPS) is 18.3. The summed E-state index contributed by atoms with van der Waals surface area (Å²) >= 11 is 3.46. The Morgan fingerprint density at radius 1 is 1.09 bits per heavy atom. The zero-order valence-corrected chi connectivity index (χ0v) is 20.2. The van der Waals surface area contributed by atoms with E-state index in [1.807, 2.05) is 41.3 Å². The van der Waals surface area contributed by atoms with Crippen molar-refractivity contribution in [3.8, 4) is 0 Å². The summed E-state index contributed by atoms with van der Waals surface area (Å²) in [4.78, 5) is 20.9. The van der Waals surface area contributed by atoms with Crippen molar-refractivity contribution in [1.29, 1.82) is 0 Å². The fourth-order valence-corrected chi connectivity index (χ4v) is 4.78. The summed E-state index contributed by atoms with van der Waals surface area (Å²) < 4.78 is 1.03. The molecule has 0 bridgehead atoms. The van der Waals surface area contributed by atoms with E-state index >= 15 is 0 Å². The highest BCUT2D eigenvalue weighted by Crippen LogP contribution is 2.30. The summed E-state index contributed by atoms with van der Waals surface area (Å²) in [6.07, 6.45) is 3.79. The number of hydrogen-bond acceptors (Lipinski definition) is 4. The van der Waals surface area contributed by atoms with Crippen molar-refractivity contribution in [3.63, 3.8) is 0 Å². The van der Waals surface area contributed by atoms with E-state index in [0.29, 0.717) is 12.6 Å². The molecule has 1 saturated carbocycles. The lowest BCUT2D eigenvalue weighted by Crippen LogP contribution is -2.46. The third kappa shape index (κ3) is 5.15. The number of fused-ring (bicyclic) bond motifs is 1. The Labute approximate surface area is 197 Å². The van der Waals surface area contributed by atoms with Crippen LogP contribution in [0, 0.1) is 0 Å². The molecule has 0 spiro atoms. The van der Waals surface area contributed by atoms with Gasteiger partial charge in [0.1, 0.15) is 5.82 Å². The number of nitrogens with two attached hydrogens (primary N) is 1. The van der Waals surface area contributed by atoms with Gasteiger partial charge in [-0.1, -0.05) is 46.3 Å². The molecule has 0 aliphatic heterocycles. The molecule has 1 aliphatic carbocycles. The summed E-state index contributed by atoms with van der Waals surface area (Å²) in [7, 11) is 4.11. The minimum atomic E-state index is -0.351. The van der Waals surface area contributed by atoms with Crippen LogP contribution >= 0.6 is 15.9 Å². The number of rotatable bonds is 6. The lowest BCUT2D eigenvalue weighted by Gasteiger charge is -2.36. The highest BCUT2D eigenvalue weighted by molar-refractivity contribution is 9.10. The molecule has 7 heteroatoms. The second-order valence-corrected chi connectivity index (χ2v) is 9.60. The lowest BCUT2D eigenvalue weighted by atomic mass is 9.90. The smallest absolute Gasteiger partial charge is 0.315 e. The van der Waals surface area contributed by atoms with Crippen LogP contribution in [-0.2, 0) is 6.54 Å². The summed E-state index contributed by atoms with van der Waals surface area (Å²) in [5.74, 6) is 0.900. The number of carbonyl (C=O) groups is 1. The van der Waals surface area contributed by atoms with Crippen molar-refractivity contribution < 1.29 is 4.79 Å². The second-order valence-electron chi connectivity index (χ2n) is 8.68. The van der Waals surface area contributed by atoms with Gasteiger partial charge in [0.15, 0.2) is 0 Å². The predicted molar refractivity (Wildman–Crippen MR) is 135 cm³/mol. The van der Waals surface area contributed by atoms with E-state index in [1.165, 1.54) is 0 Å². The number of amides is 2. The molecule has 0 radical (unpaired) electrons. The predicted octanol–water partition coefficient (Wildman–Crippen LogP) is 5.37. The summed E-state index contributed by atoms with van der Waals surface area (Å²) in [5, 5.41) is 4.79. The minimum Gasteiger partial charge on any atom is -0.377 e. The van der Waals surface area contributed by atoms with Crippen LogP contribution in [0.5, 0.6) is 0 Å². The van der Waals surface area contributed by atoms with Crippen molar-refractivity contribution >= 4 is 44.4 Å². The molecule has 0 unspecified atom stereocenters. The summed E-state index contributed by atoms with van der Waals surface area (Å²) in [5.41, 5.74) is 8.98. The molecule has 0 saturated heterocycles. The largest absolute Gasteiger partial charge is 0.377 e. The fraction of sp³-hybridized carbons (Fsp3) is 0.360. The molecule has 1 aromatic heterocycles. The van der Waals surface area contributed by atoms with Gasteiger partial charge in [-0.3, -0.25) is 0 Å². The van der Waals surface area contributed by atoms with Crippen LogP contribution in [0.4, 0.5) is 16.3 Å². The van der Waals surface area contributed by atoms with Gasteiger partial charge in [-0.25, -0.2) is 9.78 Å². The van der Waals surface area contributed by atoms with Gasteiger partial charge >= 0.3 is 6.03 Å². The maximum Gasteiger partial charge on any atom is 0.315 e. The number of pyridine rings is 1. The molecule has 3 N–H and O–H groups in total. The number of hydrogen-bond donors (Lipinski definition) is 2. The topological polar surface area (TPSA) is 74.5 Å². The monoisotopic (exact) mass is 495 g/mol. The molecule has 3 aromatic rings. The number of benzene rings is 2. The van der Waals surface area contributed by atoms with Crippen LogP contribution in [0.25, 0.3) is 10.9 Å². The van der Waals surface area contributed by atoms with Crippen molar-refractivity contribution in [2.45, 2.75) is 44.3 Å². The molecular formula is C25H30BrN5O. The first-order chi connectivity index (χ1) is 15.4. The average molecular weight is 496 g/mol. The Hall–Kier alpha value is -2.80. The molecule has 0 atom stereocenters. The van der Waals surface area contributed by atoms with Crippen LogP contribution in [0.1, 0.15) is 31.2 Å². The molecule has 6 nitrogen and oxygen atoms in total. The van der Waals surface area contributed by atoms with Gasteiger partial charge < -0.3 is 20.9 Å². The van der Waals surface area contributed by atoms with Gasteiger partial charge in [0.2, 0.25) is 0 Å². The number of carbonyl (C=O) groups excluding carboxylic acids is 1. The third-order valence-corrected chi connectivity index (χ3v) is 6.74. The Kier molecular flexibility index (Phi) is 6.84. The number of urea groups is 1. The van der Waals surface area contributed by atoms with E-state index in [2.05, 4.69) is 58.4 Å². The van der Waals surface area contributed by atoms with Crippen LogP contribution in [0.3, 0.4) is 0 Å². The molecule has 32 heavy (non-hydrogen) atoms. The Morgan fingerprint density at radius 3 is 2.44 bits per heavy atom. The first-order valence-electron chi connectivity index (χ1n) is 11.0. The average Bonchev–Trinajstić information content (AvgIpc) is 2.78. The van der Waals surface area contributed by atoms with Gasteiger partial charge in [0.05, 0.1) is 5.52 Å². The highest BCUT2D eigenvalue weighted by atomic mass is 79.9. The number of aromatic nitrogens is 1. The van der Waals surface area contributed by atoms with E-state index in [1.54, 1.807) is 0 Å². The number of primary amides is 1. The molecule has 1 aliphatic rings. The molecular weight excluding hydrogens is 466 g/mol. The fourth-order valence-electron chi connectivity index (χ4n) is 4.52. The van der Waals surface area contributed by atoms with Gasteiger partial charge in [0, 0.05) is 54.3 Å². The molecule has 4 rings (SSSR count). The Bertz CT molecular complexity index is 1080. The standard InChI is InChI=1S/C25H30BrN5O/c1-30(2)23-15-24(29-22-6-4-3-5-21(22)23)28-19-11-13-20(14-12-19)31(25(27)32)16-17-7-9-18(26)10-8-17/h3-10,15,19-20H,11-14,16H2,1-2H3,(H2,27,32)(H,28,29). The Balaban J connectivity index is 1.42. The van der Waals surface area contributed by atoms with E-state index < -0.39 is 0 Å². The van der Waals surface area contributed by atoms with E-state index in [9.17, 15) is 4.79 Å². The quantitative estimate of drug-likeness (QED) is 0.482. The minimum absolute atomic E-state index is 0.163. The number of para-hydroxylation sites is 1. The summed E-state index contributed by atoms with van der Waals surface area (Å²) in [6, 6.07) is 18.5. The Morgan fingerprint density at radius 2 is 1.78 bits per heavy atom. The lowest BCUT2D eigenvalue weighted by molar-refractivity contribution is 0.156.